The van der Waals surface area contributed by atoms with Crippen molar-refractivity contribution in [3.63, 3.8) is 0 Å². The van der Waals surface area contributed by atoms with Crippen LogP contribution >= 0.6 is 16.5 Å². The van der Waals surface area contributed by atoms with Crippen LogP contribution in [0.15, 0.2) is 33.5 Å². The highest BCUT2D eigenvalue weighted by molar-refractivity contribution is 8.18. The second-order valence-electron chi connectivity index (χ2n) is 3.19. The Balaban J connectivity index is 2.02. The van der Waals surface area contributed by atoms with Crippen LogP contribution in [0, 0.1) is 13.8 Å². The molecule has 2 heterocycles. The van der Waals surface area contributed by atoms with Crippen LogP contribution in [0.25, 0.3) is 0 Å². The molecule has 0 N–H and O–H groups in total. The lowest BCUT2D eigenvalue weighted by Gasteiger charge is -1.91. The Kier molecular flexibility index (Phi) is 3.05. The van der Waals surface area contributed by atoms with Crippen molar-refractivity contribution in [2.75, 3.05) is 0 Å². The highest BCUT2D eigenvalue weighted by Gasteiger charge is 2.12. The zero-order chi connectivity index (χ0) is 9.97. The van der Waals surface area contributed by atoms with Crippen LogP contribution in [0.4, 0.5) is 0 Å². The first-order valence-electron chi connectivity index (χ1n) is 4.45. The van der Waals surface area contributed by atoms with E-state index < -0.39 is 0 Å². The van der Waals surface area contributed by atoms with Gasteiger partial charge in [-0.25, -0.2) is 0 Å². The van der Waals surface area contributed by atoms with E-state index in [-0.39, 0.29) is 8.27 Å². The second kappa shape index (κ2) is 4.29. The lowest BCUT2D eigenvalue weighted by molar-refractivity contribution is 0.601. The Hall–Kier alpha value is -0.580. The summed E-state index contributed by atoms with van der Waals surface area (Å²) in [6.45, 7) is 4.17. The normalized spacial score (nSPS) is 12.4. The van der Waals surface area contributed by atoms with E-state index in [1.54, 1.807) is 12.5 Å². The molecule has 2 nitrogen and oxygen atoms in total. The average Bonchev–Trinajstić information content (AvgIpc) is 2.72. The fourth-order valence-corrected chi connectivity index (χ4v) is 4.92. The first-order valence-corrected chi connectivity index (χ1v) is 7.84. The monoisotopic (exact) mass is 227 g/mol. The van der Waals surface area contributed by atoms with Gasteiger partial charge >= 0.3 is 0 Å². The van der Waals surface area contributed by atoms with Gasteiger partial charge in [0.1, 0.15) is 8.27 Å². The predicted molar refractivity (Wildman–Crippen MR) is 64.2 cm³/mol. The third kappa shape index (κ3) is 2.08. The molecule has 14 heavy (non-hydrogen) atoms. The Morgan fingerprint density at radius 3 is 2.36 bits per heavy atom. The zero-order valence-corrected chi connectivity index (χ0v) is 10.4. The molecule has 0 fully saturated rings. The van der Waals surface area contributed by atoms with Gasteiger partial charge in [0, 0.05) is 5.56 Å². The lowest BCUT2D eigenvalue weighted by Crippen LogP contribution is -1.95. The molecule has 2 unspecified atom stereocenters. The van der Waals surface area contributed by atoms with Gasteiger partial charge in [-0.05, 0) is 31.5 Å². The highest BCUT2D eigenvalue weighted by atomic mass is 32.0. The van der Waals surface area contributed by atoms with Crippen molar-refractivity contribution in [1.82, 2.24) is 0 Å². The van der Waals surface area contributed by atoms with Crippen molar-refractivity contribution in [2.45, 2.75) is 13.8 Å². The van der Waals surface area contributed by atoms with E-state index in [1.165, 1.54) is 11.1 Å². The first kappa shape index (κ1) is 9.96. The number of aryl methyl sites for hydroxylation is 2. The van der Waals surface area contributed by atoms with Crippen LogP contribution in [-0.4, -0.2) is 0 Å². The van der Waals surface area contributed by atoms with Gasteiger partial charge in [-0.15, -0.1) is 0 Å². The molecule has 2 rings (SSSR count). The zero-order valence-electron chi connectivity index (χ0n) is 8.20. The molecular formula is C10H13O2P2+. The number of rotatable bonds is 3. The molecule has 4 heteroatoms. The second-order valence-corrected chi connectivity index (χ2v) is 6.48. The van der Waals surface area contributed by atoms with E-state index in [4.69, 9.17) is 8.83 Å². The fourth-order valence-electron chi connectivity index (χ4n) is 1.18. The third-order valence-electron chi connectivity index (χ3n) is 2.10. The quantitative estimate of drug-likeness (QED) is 0.753. The minimum absolute atomic E-state index is 0.182. The minimum Gasteiger partial charge on any atom is -0.461 e. The van der Waals surface area contributed by atoms with Crippen molar-refractivity contribution >= 4 is 27.5 Å². The molecule has 0 aromatic carbocycles. The van der Waals surface area contributed by atoms with E-state index >= 15 is 0 Å². The van der Waals surface area contributed by atoms with E-state index in [2.05, 4.69) is 13.8 Å². The van der Waals surface area contributed by atoms with E-state index in [1.807, 2.05) is 12.1 Å². The maximum atomic E-state index is 5.40. The molecule has 0 aliphatic carbocycles. The van der Waals surface area contributed by atoms with Gasteiger partial charge in [0.2, 0.25) is 5.50 Å². The number of hydrogen-bond acceptors (Lipinski definition) is 2. The average molecular weight is 227 g/mol. The summed E-state index contributed by atoms with van der Waals surface area (Å²) in [7, 11) is 0.924. The number of hydrogen-bond donors (Lipinski definition) is 0. The van der Waals surface area contributed by atoms with E-state index in [9.17, 15) is 0 Å². The summed E-state index contributed by atoms with van der Waals surface area (Å²) in [6.07, 6.45) is 3.52. The van der Waals surface area contributed by atoms with Gasteiger partial charge in [0.05, 0.1) is 20.8 Å². The topological polar surface area (TPSA) is 26.3 Å². The van der Waals surface area contributed by atoms with Gasteiger partial charge < -0.3 is 8.83 Å². The van der Waals surface area contributed by atoms with Crippen molar-refractivity contribution in [1.29, 1.82) is 0 Å². The van der Waals surface area contributed by atoms with Crippen molar-refractivity contribution in [2.24, 2.45) is 0 Å². The molecule has 0 spiro atoms. The maximum Gasteiger partial charge on any atom is 0.245 e. The molecule has 2 aromatic rings. The summed E-state index contributed by atoms with van der Waals surface area (Å²) in [5.41, 5.74) is 4.78. The van der Waals surface area contributed by atoms with Gasteiger partial charge in [-0.2, -0.15) is 0 Å². The fraction of sp³-hybridized carbons (Fsp3) is 0.200. The predicted octanol–water partition coefficient (Wildman–Crippen LogP) is 2.44. The Bertz CT molecular complexity index is 377. The summed E-state index contributed by atoms with van der Waals surface area (Å²) >= 11 is 0. The van der Waals surface area contributed by atoms with Crippen LogP contribution in [0.3, 0.4) is 0 Å². The summed E-state index contributed by atoms with van der Waals surface area (Å²) in [5.74, 6) is 0. The molecular weight excluding hydrogens is 214 g/mol. The van der Waals surface area contributed by atoms with Crippen LogP contribution in [0.1, 0.15) is 11.1 Å². The standard InChI is InChI=1S/C10H12O2P2/c1-7-3-5-11-9(7)13-14-10-8(2)4-6-12-10/h3-6,13-14H,1-2H3/p+1. The first-order chi connectivity index (χ1) is 6.77. The van der Waals surface area contributed by atoms with E-state index in [0.717, 1.165) is 19.3 Å². The molecule has 0 bridgehead atoms. The van der Waals surface area contributed by atoms with Crippen LogP contribution in [-0.2, 0) is 0 Å². The third-order valence-corrected chi connectivity index (χ3v) is 5.88. The Morgan fingerprint density at radius 2 is 1.79 bits per heavy atom. The van der Waals surface area contributed by atoms with E-state index in [0.29, 0.717) is 0 Å². The molecule has 0 radical (unpaired) electrons. The van der Waals surface area contributed by atoms with Crippen LogP contribution in [0.2, 0.25) is 0 Å². The maximum absolute atomic E-state index is 5.40. The Labute approximate surface area is 86.5 Å². The largest absolute Gasteiger partial charge is 0.461 e. The molecule has 0 saturated heterocycles. The van der Waals surface area contributed by atoms with Crippen LogP contribution in [0.5, 0.6) is 0 Å². The summed E-state index contributed by atoms with van der Waals surface area (Å²) in [6, 6.07) is 4.03. The van der Waals surface area contributed by atoms with Gasteiger partial charge in [0.15, 0.2) is 5.50 Å². The van der Waals surface area contributed by atoms with Crippen LogP contribution < -0.4 is 11.0 Å². The van der Waals surface area contributed by atoms with Crippen molar-refractivity contribution in [3.05, 3.63) is 35.8 Å². The molecule has 0 aliphatic rings. The lowest BCUT2D eigenvalue weighted by atomic mass is 10.4. The van der Waals surface area contributed by atoms with Gasteiger partial charge in [-0.3, -0.25) is 0 Å². The number of furan rings is 2. The molecule has 0 saturated carbocycles. The summed E-state index contributed by atoms with van der Waals surface area (Å²) < 4.78 is 10.8. The van der Waals surface area contributed by atoms with Crippen molar-refractivity contribution in [3.8, 4) is 0 Å². The molecule has 0 aliphatic heterocycles. The molecule has 2 atom stereocenters. The minimum atomic E-state index is 0.182. The van der Waals surface area contributed by atoms with Gasteiger partial charge in [0.25, 0.3) is 0 Å². The summed E-state index contributed by atoms with van der Waals surface area (Å²) in [4.78, 5) is 0. The van der Waals surface area contributed by atoms with Gasteiger partial charge in [-0.1, -0.05) is 0 Å². The molecule has 2 aromatic heterocycles. The Morgan fingerprint density at radius 1 is 1.07 bits per heavy atom. The molecule has 74 valence electrons. The smallest absolute Gasteiger partial charge is 0.245 e. The molecule has 0 amide bonds. The SMILES string of the molecule is Cc1ccoc1P[PH2+]c1occc1C. The highest BCUT2D eigenvalue weighted by Crippen LogP contribution is 2.36. The van der Waals surface area contributed by atoms with Crippen molar-refractivity contribution < 1.29 is 8.83 Å². The summed E-state index contributed by atoms with van der Waals surface area (Å²) in [5, 5.41) is 0.